The van der Waals surface area contributed by atoms with Crippen LogP contribution in [0.15, 0.2) is 53.4 Å². The first-order valence-electron chi connectivity index (χ1n) is 10.1. The van der Waals surface area contributed by atoms with Crippen LogP contribution in [-0.4, -0.2) is 50.9 Å². The van der Waals surface area contributed by atoms with Crippen molar-refractivity contribution in [2.45, 2.75) is 30.8 Å². The summed E-state index contributed by atoms with van der Waals surface area (Å²) >= 11 is 0. The number of para-hydroxylation sites is 1. The Hall–Kier alpha value is -2.98. The molecule has 2 aromatic carbocycles. The van der Waals surface area contributed by atoms with E-state index in [9.17, 15) is 22.4 Å². The van der Waals surface area contributed by atoms with Crippen molar-refractivity contribution in [1.82, 2.24) is 4.31 Å². The lowest BCUT2D eigenvalue weighted by atomic mass is 10.00. The molecule has 0 aliphatic carbocycles. The maximum atomic E-state index is 13.7. The maximum absolute atomic E-state index is 13.7. The average Bonchev–Trinajstić information content (AvgIpc) is 2.80. The molecule has 1 heterocycles. The Bertz CT molecular complexity index is 1070. The predicted molar refractivity (Wildman–Crippen MR) is 115 cm³/mol. The zero-order chi connectivity index (χ0) is 23.3. The van der Waals surface area contributed by atoms with Gasteiger partial charge in [0.05, 0.1) is 23.6 Å². The van der Waals surface area contributed by atoms with Crippen LogP contribution in [0.4, 0.5) is 10.1 Å². The second kappa shape index (κ2) is 10.1. The number of halogens is 1. The average molecular weight is 465 g/mol. The molecule has 2 aromatic rings. The summed E-state index contributed by atoms with van der Waals surface area (Å²) in [6, 6.07) is 11.7. The predicted octanol–water partition coefficient (Wildman–Crippen LogP) is 2.81. The van der Waals surface area contributed by atoms with Crippen molar-refractivity contribution in [3.8, 4) is 5.75 Å². The van der Waals surface area contributed by atoms with Crippen molar-refractivity contribution in [2.24, 2.45) is 5.92 Å². The number of amides is 1. The first-order chi connectivity index (χ1) is 15.2. The first-order valence-corrected chi connectivity index (χ1v) is 11.6. The number of ether oxygens (including phenoxy) is 2. The summed E-state index contributed by atoms with van der Waals surface area (Å²) in [5.41, 5.74) is -0.0187. The van der Waals surface area contributed by atoms with Crippen molar-refractivity contribution >= 4 is 27.6 Å². The Morgan fingerprint density at radius 2 is 1.84 bits per heavy atom. The van der Waals surface area contributed by atoms with Crippen LogP contribution in [0.3, 0.4) is 0 Å². The molecule has 10 heteroatoms. The molecular formula is C22H25FN2O6S. The zero-order valence-electron chi connectivity index (χ0n) is 17.8. The van der Waals surface area contributed by atoms with Crippen LogP contribution >= 0.6 is 0 Å². The fourth-order valence-electron chi connectivity index (χ4n) is 3.37. The number of esters is 1. The fourth-order valence-corrected chi connectivity index (χ4v) is 4.89. The SMILES string of the molecule is COc1ccc(S(=O)(=O)N2CCCC(C(=O)OC(C)C(=O)Nc3ccccc3F)C2)cc1. The molecule has 172 valence electrons. The van der Waals surface area contributed by atoms with E-state index in [2.05, 4.69) is 5.32 Å². The van der Waals surface area contributed by atoms with E-state index in [0.717, 1.165) is 0 Å². The number of methoxy groups -OCH3 is 1. The second-order valence-electron chi connectivity index (χ2n) is 7.43. The summed E-state index contributed by atoms with van der Waals surface area (Å²) in [4.78, 5) is 25.0. The number of anilines is 1. The third-order valence-corrected chi connectivity index (χ3v) is 7.09. The quantitative estimate of drug-likeness (QED) is 0.633. The summed E-state index contributed by atoms with van der Waals surface area (Å²) in [6.45, 7) is 1.61. The van der Waals surface area contributed by atoms with Crippen molar-refractivity contribution in [2.75, 3.05) is 25.5 Å². The molecule has 0 saturated carbocycles. The number of piperidine rings is 1. The Morgan fingerprint density at radius 3 is 2.50 bits per heavy atom. The van der Waals surface area contributed by atoms with Gasteiger partial charge >= 0.3 is 5.97 Å². The van der Waals surface area contributed by atoms with E-state index in [1.54, 1.807) is 18.2 Å². The first kappa shape index (κ1) is 23.7. The van der Waals surface area contributed by atoms with Crippen LogP contribution in [-0.2, 0) is 24.3 Å². The molecule has 0 aromatic heterocycles. The highest BCUT2D eigenvalue weighted by molar-refractivity contribution is 7.89. The van der Waals surface area contributed by atoms with Crippen molar-refractivity contribution in [3.05, 3.63) is 54.3 Å². The number of hydrogen-bond acceptors (Lipinski definition) is 6. The molecule has 2 atom stereocenters. The summed E-state index contributed by atoms with van der Waals surface area (Å²) in [5.74, 6) is -2.13. The molecule has 1 aliphatic rings. The van der Waals surface area contributed by atoms with E-state index >= 15 is 0 Å². The Balaban J connectivity index is 1.62. The number of rotatable bonds is 7. The van der Waals surface area contributed by atoms with E-state index in [1.165, 1.54) is 48.7 Å². The number of nitrogens with one attached hydrogen (secondary N) is 1. The van der Waals surface area contributed by atoms with Gasteiger partial charge < -0.3 is 14.8 Å². The van der Waals surface area contributed by atoms with Gasteiger partial charge in [0.1, 0.15) is 11.6 Å². The molecule has 1 aliphatic heterocycles. The highest BCUT2D eigenvalue weighted by atomic mass is 32.2. The standard InChI is InChI=1S/C22H25FN2O6S/c1-15(21(26)24-20-8-4-3-7-19(20)23)31-22(27)16-6-5-13-25(14-16)32(28,29)18-11-9-17(30-2)10-12-18/h3-4,7-12,15-16H,5-6,13-14H2,1-2H3,(H,24,26). The number of carbonyl (C=O) groups is 2. The van der Waals surface area contributed by atoms with Gasteiger partial charge in [-0.05, 0) is 56.2 Å². The third-order valence-electron chi connectivity index (χ3n) is 5.21. The van der Waals surface area contributed by atoms with E-state index < -0.39 is 39.7 Å². The molecule has 0 radical (unpaired) electrons. The summed E-state index contributed by atoms with van der Waals surface area (Å²) in [6.07, 6.45) is -0.254. The minimum absolute atomic E-state index is 0.0187. The summed E-state index contributed by atoms with van der Waals surface area (Å²) in [7, 11) is -2.31. The van der Waals surface area contributed by atoms with Gasteiger partial charge in [-0.3, -0.25) is 9.59 Å². The largest absolute Gasteiger partial charge is 0.497 e. The molecule has 1 N–H and O–H groups in total. The monoisotopic (exact) mass is 464 g/mol. The van der Waals surface area contributed by atoms with Crippen LogP contribution in [0.5, 0.6) is 5.75 Å². The van der Waals surface area contributed by atoms with Gasteiger partial charge in [0.25, 0.3) is 5.91 Å². The number of carbonyl (C=O) groups excluding carboxylic acids is 2. The topological polar surface area (TPSA) is 102 Å². The molecule has 2 unspecified atom stereocenters. The van der Waals surface area contributed by atoms with Crippen molar-refractivity contribution in [1.29, 1.82) is 0 Å². The molecule has 1 fully saturated rings. The lowest BCUT2D eigenvalue weighted by Gasteiger charge is -2.31. The number of hydrogen-bond donors (Lipinski definition) is 1. The number of nitrogens with zero attached hydrogens (tertiary/aromatic N) is 1. The highest BCUT2D eigenvalue weighted by Crippen LogP contribution is 2.26. The van der Waals surface area contributed by atoms with E-state index in [-0.39, 0.29) is 23.7 Å². The highest BCUT2D eigenvalue weighted by Gasteiger charge is 2.35. The molecule has 8 nitrogen and oxygen atoms in total. The minimum Gasteiger partial charge on any atom is -0.497 e. The van der Waals surface area contributed by atoms with Crippen molar-refractivity contribution in [3.63, 3.8) is 0 Å². The normalized spacial score (nSPS) is 17.9. The van der Waals surface area contributed by atoms with E-state index in [1.807, 2.05) is 0 Å². The van der Waals surface area contributed by atoms with Gasteiger partial charge in [-0.2, -0.15) is 4.31 Å². The van der Waals surface area contributed by atoms with Gasteiger partial charge in [-0.1, -0.05) is 12.1 Å². The van der Waals surface area contributed by atoms with Gasteiger partial charge in [0, 0.05) is 13.1 Å². The van der Waals surface area contributed by atoms with Crippen LogP contribution in [0.25, 0.3) is 0 Å². The second-order valence-corrected chi connectivity index (χ2v) is 9.36. The maximum Gasteiger partial charge on any atom is 0.311 e. The van der Waals surface area contributed by atoms with Gasteiger partial charge in [-0.15, -0.1) is 0 Å². The molecule has 0 bridgehead atoms. The summed E-state index contributed by atoms with van der Waals surface area (Å²) < 4.78 is 51.2. The lowest BCUT2D eigenvalue weighted by Crippen LogP contribution is -2.44. The molecule has 32 heavy (non-hydrogen) atoms. The van der Waals surface area contributed by atoms with Crippen LogP contribution in [0.1, 0.15) is 19.8 Å². The third kappa shape index (κ3) is 5.43. The minimum atomic E-state index is -3.79. The number of benzene rings is 2. The van der Waals surface area contributed by atoms with Crippen LogP contribution < -0.4 is 10.1 Å². The Morgan fingerprint density at radius 1 is 1.16 bits per heavy atom. The molecule has 1 amide bonds. The van der Waals surface area contributed by atoms with Gasteiger partial charge in [0.2, 0.25) is 10.0 Å². The van der Waals surface area contributed by atoms with Gasteiger partial charge in [0.15, 0.2) is 6.10 Å². The fraction of sp³-hybridized carbons (Fsp3) is 0.364. The smallest absolute Gasteiger partial charge is 0.311 e. The molecular weight excluding hydrogens is 439 g/mol. The van der Waals surface area contributed by atoms with Gasteiger partial charge in [-0.25, -0.2) is 12.8 Å². The molecule has 1 saturated heterocycles. The summed E-state index contributed by atoms with van der Waals surface area (Å²) in [5, 5.41) is 2.37. The Labute approximate surface area is 186 Å². The molecule has 3 rings (SSSR count). The zero-order valence-corrected chi connectivity index (χ0v) is 18.6. The lowest BCUT2D eigenvalue weighted by molar-refractivity contribution is -0.158. The Kier molecular flexibility index (Phi) is 7.47. The van der Waals surface area contributed by atoms with Crippen LogP contribution in [0, 0.1) is 11.7 Å². The number of sulfonamides is 1. The van der Waals surface area contributed by atoms with Crippen LogP contribution in [0.2, 0.25) is 0 Å². The van der Waals surface area contributed by atoms with E-state index in [0.29, 0.717) is 18.6 Å². The molecule has 0 spiro atoms. The van der Waals surface area contributed by atoms with Crippen molar-refractivity contribution < 1.29 is 31.9 Å². The van der Waals surface area contributed by atoms with E-state index in [4.69, 9.17) is 9.47 Å².